The second-order valence-electron chi connectivity index (χ2n) is 5.05. The second-order valence-corrected chi connectivity index (χ2v) is 6.34. The van der Waals surface area contributed by atoms with E-state index in [1.807, 2.05) is 24.3 Å². The molecule has 0 saturated carbocycles. The van der Waals surface area contributed by atoms with Crippen molar-refractivity contribution >= 4 is 27.5 Å². The summed E-state index contributed by atoms with van der Waals surface area (Å²) in [5, 5.41) is 4.22. The Hall–Kier alpha value is -0.900. The van der Waals surface area contributed by atoms with E-state index in [0.29, 0.717) is 0 Å². The largest absolute Gasteiger partial charge is 0.310 e. The van der Waals surface area contributed by atoms with Gasteiger partial charge in [0.05, 0.1) is 0 Å². The molecule has 112 valence electrons. The zero-order valence-electron chi connectivity index (χ0n) is 12.1. The molecule has 21 heavy (non-hydrogen) atoms. The van der Waals surface area contributed by atoms with Crippen LogP contribution in [0.1, 0.15) is 29.7 Å². The van der Waals surface area contributed by atoms with Crippen LogP contribution in [0.5, 0.6) is 0 Å². The van der Waals surface area contributed by atoms with Crippen LogP contribution in [0.4, 0.5) is 4.39 Å². The number of likely N-dealkylation sites (N-methyl/N-ethyl adjacent to an activating group) is 1. The predicted octanol–water partition coefficient (Wildman–Crippen LogP) is 5.44. The molecule has 1 atom stereocenters. The summed E-state index contributed by atoms with van der Waals surface area (Å²) in [7, 11) is 0. The van der Waals surface area contributed by atoms with Gasteiger partial charge in [-0.3, -0.25) is 0 Å². The van der Waals surface area contributed by atoms with Crippen LogP contribution in [0.3, 0.4) is 0 Å². The summed E-state index contributed by atoms with van der Waals surface area (Å²) in [5.74, 6) is -0.232. The maximum Gasteiger partial charge on any atom is 0.124 e. The summed E-state index contributed by atoms with van der Waals surface area (Å²) in [5.41, 5.74) is 3.45. The number of hydrogen-bond acceptors (Lipinski definition) is 1. The number of aryl methyl sites for hydroxylation is 1. The number of hydrogen-bond donors (Lipinski definition) is 1. The van der Waals surface area contributed by atoms with Gasteiger partial charge in [-0.05, 0) is 60.8 Å². The summed E-state index contributed by atoms with van der Waals surface area (Å²) in [6.07, 6.45) is 0.774. The highest BCUT2D eigenvalue weighted by molar-refractivity contribution is 9.10. The highest BCUT2D eigenvalue weighted by atomic mass is 79.9. The molecule has 0 fully saturated rings. The van der Waals surface area contributed by atoms with Crippen LogP contribution >= 0.6 is 27.5 Å². The topological polar surface area (TPSA) is 12.0 Å². The van der Waals surface area contributed by atoms with Crippen LogP contribution in [0, 0.1) is 12.7 Å². The van der Waals surface area contributed by atoms with Gasteiger partial charge in [-0.2, -0.15) is 0 Å². The fourth-order valence-corrected chi connectivity index (χ4v) is 3.13. The Kier molecular flexibility index (Phi) is 5.80. The quantitative estimate of drug-likeness (QED) is 0.738. The fourth-order valence-electron chi connectivity index (χ4n) is 2.43. The molecule has 0 radical (unpaired) electrons. The Balaban J connectivity index is 2.32. The lowest BCUT2D eigenvalue weighted by Gasteiger charge is -2.21. The maximum atomic E-state index is 13.2. The van der Waals surface area contributed by atoms with Crippen LogP contribution in [-0.4, -0.2) is 6.54 Å². The third-order valence-corrected chi connectivity index (χ3v) is 4.48. The van der Waals surface area contributed by atoms with Crippen molar-refractivity contribution in [1.82, 2.24) is 5.32 Å². The molecule has 2 aromatic carbocycles. The van der Waals surface area contributed by atoms with Crippen molar-refractivity contribution in [2.75, 3.05) is 6.54 Å². The maximum absolute atomic E-state index is 13.2. The minimum absolute atomic E-state index is 0.149. The molecule has 1 nitrogen and oxygen atoms in total. The summed E-state index contributed by atoms with van der Waals surface area (Å²) in [6, 6.07) is 10.9. The first-order valence-electron chi connectivity index (χ1n) is 6.94. The zero-order chi connectivity index (χ0) is 15.4. The van der Waals surface area contributed by atoms with Crippen LogP contribution in [0.2, 0.25) is 5.02 Å². The van der Waals surface area contributed by atoms with Crippen LogP contribution in [-0.2, 0) is 6.42 Å². The molecule has 0 aromatic heterocycles. The van der Waals surface area contributed by atoms with Gasteiger partial charge in [-0.1, -0.05) is 46.6 Å². The van der Waals surface area contributed by atoms with E-state index >= 15 is 0 Å². The van der Waals surface area contributed by atoms with Crippen molar-refractivity contribution < 1.29 is 4.39 Å². The second kappa shape index (κ2) is 7.39. The van der Waals surface area contributed by atoms with Gasteiger partial charge in [-0.15, -0.1) is 0 Å². The Morgan fingerprint density at radius 2 is 2.00 bits per heavy atom. The molecule has 0 aliphatic rings. The van der Waals surface area contributed by atoms with Gasteiger partial charge in [0.25, 0.3) is 0 Å². The lowest BCUT2D eigenvalue weighted by molar-refractivity contribution is 0.545. The van der Waals surface area contributed by atoms with Gasteiger partial charge in [0.2, 0.25) is 0 Å². The summed E-state index contributed by atoms with van der Waals surface area (Å²) >= 11 is 9.57. The lowest BCUT2D eigenvalue weighted by Crippen LogP contribution is -2.24. The van der Waals surface area contributed by atoms with Gasteiger partial charge in [0.15, 0.2) is 0 Å². The summed E-state index contributed by atoms with van der Waals surface area (Å²) in [4.78, 5) is 0. The Bertz CT molecular complexity index is 630. The van der Waals surface area contributed by atoms with E-state index in [9.17, 15) is 4.39 Å². The van der Waals surface area contributed by atoms with Crippen molar-refractivity contribution in [2.24, 2.45) is 0 Å². The Morgan fingerprint density at radius 1 is 1.24 bits per heavy atom. The third-order valence-electron chi connectivity index (χ3n) is 3.51. The van der Waals surface area contributed by atoms with Crippen molar-refractivity contribution in [2.45, 2.75) is 26.3 Å². The van der Waals surface area contributed by atoms with Crippen molar-refractivity contribution in [1.29, 1.82) is 0 Å². The first-order chi connectivity index (χ1) is 10.0. The predicted molar refractivity (Wildman–Crippen MR) is 90.4 cm³/mol. The van der Waals surface area contributed by atoms with Gasteiger partial charge < -0.3 is 5.32 Å². The van der Waals surface area contributed by atoms with E-state index < -0.39 is 0 Å². The molecule has 0 bridgehead atoms. The Labute approximate surface area is 138 Å². The summed E-state index contributed by atoms with van der Waals surface area (Å²) < 4.78 is 14.0. The first-order valence-corrected chi connectivity index (χ1v) is 8.11. The average molecular weight is 371 g/mol. The number of nitrogens with one attached hydrogen (secondary N) is 1. The molecule has 2 aromatic rings. The fraction of sp³-hybridized carbons (Fsp3) is 0.294. The van der Waals surface area contributed by atoms with E-state index in [-0.39, 0.29) is 11.9 Å². The smallest absolute Gasteiger partial charge is 0.124 e. The molecule has 0 saturated heterocycles. The third kappa shape index (κ3) is 4.29. The van der Waals surface area contributed by atoms with E-state index in [1.165, 1.54) is 23.3 Å². The van der Waals surface area contributed by atoms with Crippen LogP contribution in [0.15, 0.2) is 40.9 Å². The minimum atomic E-state index is -0.232. The molecule has 4 heteroatoms. The van der Waals surface area contributed by atoms with Crippen LogP contribution < -0.4 is 5.32 Å². The minimum Gasteiger partial charge on any atom is -0.310 e. The van der Waals surface area contributed by atoms with Crippen molar-refractivity contribution in [3.8, 4) is 0 Å². The molecule has 1 N–H and O–H groups in total. The number of halogens is 3. The molecular weight excluding hydrogens is 353 g/mol. The van der Waals surface area contributed by atoms with E-state index in [2.05, 4.69) is 35.1 Å². The van der Waals surface area contributed by atoms with Gasteiger partial charge in [-0.25, -0.2) is 4.39 Å². The highest BCUT2D eigenvalue weighted by Crippen LogP contribution is 2.28. The molecule has 0 aliphatic carbocycles. The molecule has 0 aliphatic heterocycles. The summed E-state index contributed by atoms with van der Waals surface area (Å²) in [6.45, 7) is 5.01. The molecular formula is C17H18BrClFN. The monoisotopic (exact) mass is 369 g/mol. The SMILES string of the molecule is CCNC(Cc1ccc(F)cc1Br)c1cc(Cl)ccc1C. The normalized spacial score (nSPS) is 12.4. The molecule has 2 rings (SSSR count). The van der Waals surface area contributed by atoms with Crippen molar-refractivity contribution in [3.63, 3.8) is 0 Å². The first kappa shape index (κ1) is 16.5. The average Bonchev–Trinajstić information content (AvgIpc) is 2.44. The standard InChI is InChI=1S/C17H18BrClFN/c1-3-21-17(15-9-13(19)6-4-11(15)2)8-12-5-7-14(20)10-16(12)18/h4-7,9-10,17,21H,3,8H2,1-2H3. The van der Waals surface area contributed by atoms with E-state index in [1.54, 1.807) is 0 Å². The van der Waals surface area contributed by atoms with Gasteiger partial charge in [0.1, 0.15) is 5.82 Å². The van der Waals surface area contributed by atoms with E-state index in [0.717, 1.165) is 28.0 Å². The number of benzene rings is 2. The molecule has 0 heterocycles. The molecule has 1 unspecified atom stereocenters. The Morgan fingerprint density at radius 3 is 2.67 bits per heavy atom. The van der Waals surface area contributed by atoms with Crippen molar-refractivity contribution in [3.05, 3.63) is 68.4 Å². The lowest BCUT2D eigenvalue weighted by atomic mass is 9.95. The zero-order valence-corrected chi connectivity index (χ0v) is 14.4. The van der Waals surface area contributed by atoms with Gasteiger partial charge >= 0.3 is 0 Å². The van der Waals surface area contributed by atoms with Crippen LogP contribution in [0.25, 0.3) is 0 Å². The highest BCUT2D eigenvalue weighted by Gasteiger charge is 2.15. The molecule has 0 spiro atoms. The number of rotatable bonds is 5. The van der Waals surface area contributed by atoms with E-state index in [4.69, 9.17) is 11.6 Å². The van der Waals surface area contributed by atoms with Gasteiger partial charge in [0, 0.05) is 15.5 Å². The molecule has 0 amide bonds.